The summed E-state index contributed by atoms with van der Waals surface area (Å²) in [5, 5.41) is 15.3. The number of phenols is 1. The van der Waals surface area contributed by atoms with E-state index in [1.165, 1.54) is 32.1 Å². The Labute approximate surface area is 145 Å². The molecule has 0 bridgehead atoms. The third-order valence-electron chi connectivity index (χ3n) is 4.83. The van der Waals surface area contributed by atoms with Crippen molar-refractivity contribution in [3.63, 3.8) is 0 Å². The lowest BCUT2D eigenvalue weighted by Crippen LogP contribution is -2.09. The van der Waals surface area contributed by atoms with Crippen LogP contribution in [0, 0.1) is 5.92 Å². The number of nitrogens with zero attached hydrogens (tertiary/aromatic N) is 3. The average molecular weight is 337 g/mol. The van der Waals surface area contributed by atoms with Crippen LogP contribution >= 0.6 is 0 Å². The molecule has 0 spiro atoms. The van der Waals surface area contributed by atoms with Gasteiger partial charge in [0.05, 0.1) is 24.9 Å². The molecule has 1 N–H and O–H groups in total. The summed E-state index contributed by atoms with van der Waals surface area (Å²) in [6.07, 6.45) is 5.74. The van der Waals surface area contributed by atoms with Crippen molar-refractivity contribution in [1.82, 2.24) is 14.8 Å². The van der Waals surface area contributed by atoms with Crippen LogP contribution in [-0.2, 0) is 0 Å². The molecular formula is C19H19N3O3. The number of benzene rings is 1. The number of ketones is 1. The van der Waals surface area contributed by atoms with E-state index in [0.29, 0.717) is 23.3 Å². The van der Waals surface area contributed by atoms with Crippen LogP contribution in [0.1, 0.15) is 41.7 Å². The molecule has 2 aromatic heterocycles. The molecule has 1 atom stereocenters. The number of ether oxygens (including phenoxy) is 1. The predicted molar refractivity (Wildman–Crippen MR) is 93.1 cm³/mol. The predicted octanol–water partition coefficient (Wildman–Crippen LogP) is 3.35. The van der Waals surface area contributed by atoms with E-state index in [0.717, 1.165) is 11.0 Å². The fraction of sp³-hybridized carbons (Fsp3) is 0.316. The van der Waals surface area contributed by atoms with Gasteiger partial charge < -0.3 is 9.84 Å². The zero-order chi connectivity index (χ0) is 17.6. The molecule has 3 aromatic rings. The van der Waals surface area contributed by atoms with Gasteiger partial charge in [-0.1, -0.05) is 0 Å². The minimum Gasteiger partial charge on any atom is -0.507 e. The first-order chi connectivity index (χ1) is 12.1. The zero-order valence-electron chi connectivity index (χ0n) is 14.1. The van der Waals surface area contributed by atoms with Gasteiger partial charge in [-0.3, -0.25) is 4.79 Å². The minimum atomic E-state index is -0.297. The third kappa shape index (κ3) is 2.73. The van der Waals surface area contributed by atoms with Crippen molar-refractivity contribution in [2.75, 3.05) is 7.11 Å². The van der Waals surface area contributed by atoms with Crippen molar-refractivity contribution in [2.24, 2.45) is 5.92 Å². The molecule has 4 rings (SSSR count). The number of fused-ring (bicyclic) bond motifs is 1. The molecular weight excluding hydrogens is 318 g/mol. The Kier molecular flexibility index (Phi) is 3.67. The summed E-state index contributed by atoms with van der Waals surface area (Å²) in [5.41, 5.74) is 1.39. The minimum absolute atomic E-state index is 0.0797. The molecule has 1 fully saturated rings. The van der Waals surface area contributed by atoms with Gasteiger partial charge >= 0.3 is 0 Å². The summed E-state index contributed by atoms with van der Waals surface area (Å²) in [6, 6.07) is 6.67. The highest BCUT2D eigenvalue weighted by Crippen LogP contribution is 2.40. The lowest BCUT2D eigenvalue weighted by Gasteiger charge is -2.11. The summed E-state index contributed by atoms with van der Waals surface area (Å²) < 4.78 is 7.07. The number of carbonyl (C=O) groups is 1. The molecule has 6 nitrogen and oxygen atoms in total. The maximum Gasteiger partial charge on any atom is 0.198 e. The van der Waals surface area contributed by atoms with E-state index in [1.807, 2.05) is 4.68 Å². The van der Waals surface area contributed by atoms with Gasteiger partial charge in [0.2, 0.25) is 0 Å². The topological polar surface area (TPSA) is 77.2 Å². The standard InChI is InChI=1S/C19H19N3O3/c1-11(12-3-4-12)22-19-14(10-21-22)7-13(9-20-19)18(24)16-8-15(25-2)5-6-17(16)23/h5-12,23H,3-4H2,1-2H3. The van der Waals surface area contributed by atoms with Crippen LogP contribution in [0.5, 0.6) is 11.5 Å². The molecule has 6 heteroatoms. The van der Waals surface area contributed by atoms with Crippen molar-refractivity contribution >= 4 is 16.8 Å². The van der Waals surface area contributed by atoms with E-state index in [1.54, 1.807) is 24.5 Å². The number of methoxy groups -OCH3 is 1. The van der Waals surface area contributed by atoms with Crippen molar-refractivity contribution in [3.05, 3.63) is 47.8 Å². The molecule has 1 saturated carbocycles. The first kappa shape index (κ1) is 15.6. The molecule has 1 unspecified atom stereocenters. The molecule has 0 saturated heterocycles. The number of aromatic nitrogens is 3. The van der Waals surface area contributed by atoms with Crippen LogP contribution in [-0.4, -0.2) is 32.8 Å². The summed E-state index contributed by atoms with van der Waals surface area (Å²) in [4.78, 5) is 17.2. The second kappa shape index (κ2) is 5.88. The van der Waals surface area contributed by atoms with E-state index in [4.69, 9.17) is 4.74 Å². The Morgan fingerprint density at radius 3 is 2.84 bits per heavy atom. The van der Waals surface area contributed by atoms with Gasteiger partial charge in [0.25, 0.3) is 0 Å². The monoisotopic (exact) mass is 337 g/mol. The molecule has 25 heavy (non-hydrogen) atoms. The van der Waals surface area contributed by atoms with Gasteiger partial charge in [-0.2, -0.15) is 5.10 Å². The molecule has 0 radical (unpaired) electrons. The van der Waals surface area contributed by atoms with Gasteiger partial charge in [-0.25, -0.2) is 9.67 Å². The van der Waals surface area contributed by atoms with Crippen LogP contribution in [0.15, 0.2) is 36.7 Å². The maximum absolute atomic E-state index is 12.8. The third-order valence-corrected chi connectivity index (χ3v) is 4.83. The lowest BCUT2D eigenvalue weighted by atomic mass is 10.0. The van der Waals surface area contributed by atoms with Crippen molar-refractivity contribution in [3.8, 4) is 11.5 Å². The van der Waals surface area contributed by atoms with Crippen molar-refractivity contribution < 1.29 is 14.6 Å². The SMILES string of the molecule is COc1ccc(O)c(C(=O)c2cnc3c(cnn3C(C)C3CC3)c2)c1. The number of rotatable bonds is 5. The average Bonchev–Trinajstić information content (AvgIpc) is 3.40. The summed E-state index contributed by atoms with van der Waals surface area (Å²) in [5.74, 6) is 0.805. The van der Waals surface area contributed by atoms with Gasteiger partial charge in [-0.05, 0) is 49.9 Å². The summed E-state index contributed by atoms with van der Waals surface area (Å²) in [7, 11) is 1.52. The summed E-state index contributed by atoms with van der Waals surface area (Å²) >= 11 is 0. The highest BCUT2D eigenvalue weighted by Gasteiger charge is 2.30. The van der Waals surface area contributed by atoms with E-state index in [9.17, 15) is 9.90 Å². The van der Waals surface area contributed by atoms with Crippen molar-refractivity contribution in [2.45, 2.75) is 25.8 Å². The second-order valence-corrected chi connectivity index (χ2v) is 6.52. The van der Waals surface area contributed by atoms with E-state index in [2.05, 4.69) is 17.0 Å². The second-order valence-electron chi connectivity index (χ2n) is 6.52. The molecule has 0 amide bonds. The van der Waals surface area contributed by atoms with Gasteiger partial charge in [-0.15, -0.1) is 0 Å². The van der Waals surface area contributed by atoms with Gasteiger partial charge in [0, 0.05) is 17.1 Å². The normalized spacial score (nSPS) is 15.3. The zero-order valence-corrected chi connectivity index (χ0v) is 14.1. The fourth-order valence-corrected chi connectivity index (χ4v) is 3.12. The number of hydrogen-bond acceptors (Lipinski definition) is 5. The van der Waals surface area contributed by atoms with E-state index < -0.39 is 0 Å². The molecule has 1 aliphatic carbocycles. The van der Waals surface area contributed by atoms with Crippen molar-refractivity contribution in [1.29, 1.82) is 0 Å². The number of carbonyl (C=O) groups excluding carboxylic acids is 1. The van der Waals surface area contributed by atoms with E-state index >= 15 is 0 Å². The first-order valence-corrected chi connectivity index (χ1v) is 8.33. The molecule has 0 aliphatic heterocycles. The number of aromatic hydroxyl groups is 1. The van der Waals surface area contributed by atoms with Gasteiger partial charge in [0.15, 0.2) is 11.4 Å². The maximum atomic E-state index is 12.8. The smallest absolute Gasteiger partial charge is 0.198 e. The molecule has 128 valence electrons. The largest absolute Gasteiger partial charge is 0.507 e. The van der Waals surface area contributed by atoms with Crippen LogP contribution in [0.25, 0.3) is 11.0 Å². The Bertz CT molecular complexity index is 960. The Hall–Kier alpha value is -2.89. The summed E-state index contributed by atoms with van der Waals surface area (Å²) in [6.45, 7) is 2.15. The first-order valence-electron chi connectivity index (χ1n) is 8.33. The molecule has 1 aromatic carbocycles. The molecule has 2 heterocycles. The molecule has 1 aliphatic rings. The fourth-order valence-electron chi connectivity index (χ4n) is 3.12. The quantitative estimate of drug-likeness (QED) is 0.723. The highest BCUT2D eigenvalue weighted by atomic mass is 16.5. The lowest BCUT2D eigenvalue weighted by molar-refractivity contribution is 0.103. The number of hydrogen-bond donors (Lipinski definition) is 1. The van der Waals surface area contributed by atoms with Crippen LogP contribution in [0.4, 0.5) is 0 Å². The van der Waals surface area contributed by atoms with Crippen LogP contribution in [0.3, 0.4) is 0 Å². The van der Waals surface area contributed by atoms with E-state index in [-0.39, 0.29) is 17.1 Å². The van der Waals surface area contributed by atoms with Crippen LogP contribution in [0.2, 0.25) is 0 Å². The Morgan fingerprint density at radius 1 is 1.32 bits per heavy atom. The number of phenolic OH excluding ortho intramolecular Hbond substituents is 1. The Morgan fingerprint density at radius 2 is 2.12 bits per heavy atom. The van der Waals surface area contributed by atoms with Crippen LogP contribution < -0.4 is 4.74 Å². The Balaban J connectivity index is 1.71. The highest BCUT2D eigenvalue weighted by molar-refractivity contribution is 6.11. The van der Waals surface area contributed by atoms with Gasteiger partial charge in [0.1, 0.15) is 11.5 Å². The number of pyridine rings is 1.